The quantitative estimate of drug-likeness (QED) is 0.406. The van der Waals surface area contributed by atoms with E-state index in [0.29, 0.717) is 18.3 Å². The standard InChI is InChI=1S/C29H39FO/c1-3-8-22-13-15-25(16-14-22)29(31-4-2)19-17-23(18-20-29)21-28(30)27-12-7-10-24-9-5-6-11-26(24)27/h3,5-12,22-23,25,28H,4,13-21H2,1-2H3/b8-3+. The summed E-state index contributed by atoms with van der Waals surface area (Å²) in [5, 5.41) is 2.20. The van der Waals surface area contributed by atoms with Crippen LogP contribution < -0.4 is 0 Å². The number of ether oxygens (including phenoxy) is 1. The molecule has 1 nitrogen and oxygen atoms in total. The summed E-state index contributed by atoms with van der Waals surface area (Å²) >= 11 is 0. The fourth-order valence-electron chi connectivity index (χ4n) is 6.41. The fourth-order valence-corrected chi connectivity index (χ4v) is 6.41. The number of alkyl halides is 1. The lowest BCUT2D eigenvalue weighted by Crippen LogP contribution is -2.45. The highest BCUT2D eigenvalue weighted by Crippen LogP contribution is 2.48. The molecule has 0 heterocycles. The average Bonchev–Trinajstić information content (AvgIpc) is 2.81. The molecule has 0 bridgehead atoms. The van der Waals surface area contributed by atoms with Gasteiger partial charge in [0, 0.05) is 6.61 Å². The van der Waals surface area contributed by atoms with Gasteiger partial charge in [0.05, 0.1) is 5.60 Å². The minimum absolute atomic E-state index is 0.0391. The first-order valence-electron chi connectivity index (χ1n) is 12.5. The zero-order chi connectivity index (χ0) is 21.7. The van der Waals surface area contributed by atoms with E-state index in [0.717, 1.165) is 54.5 Å². The van der Waals surface area contributed by atoms with E-state index in [4.69, 9.17) is 4.74 Å². The van der Waals surface area contributed by atoms with Crippen molar-refractivity contribution in [1.29, 1.82) is 0 Å². The molecule has 0 aromatic heterocycles. The lowest BCUT2D eigenvalue weighted by atomic mass is 9.65. The van der Waals surface area contributed by atoms with Gasteiger partial charge in [0.25, 0.3) is 0 Å². The minimum Gasteiger partial charge on any atom is -0.375 e. The first-order valence-corrected chi connectivity index (χ1v) is 12.5. The molecule has 4 rings (SSSR count). The Morgan fingerprint density at radius 3 is 2.42 bits per heavy atom. The summed E-state index contributed by atoms with van der Waals surface area (Å²) in [7, 11) is 0. The lowest BCUT2D eigenvalue weighted by molar-refractivity contribution is -0.123. The van der Waals surface area contributed by atoms with Crippen molar-refractivity contribution >= 4 is 10.8 Å². The van der Waals surface area contributed by atoms with Crippen LogP contribution in [0.3, 0.4) is 0 Å². The average molecular weight is 423 g/mol. The van der Waals surface area contributed by atoms with E-state index < -0.39 is 6.17 Å². The van der Waals surface area contributed by atoms with Crippen molar-refractivity contribution in [3.05, 3.63) is 60.2 Å². The molecule has 1 atom stereocenters. The molecule has 2 aromatic carbocycles. The Balaban J connectivity index is 1.38. The van der Waals surface area contributed by atoms with Crippen LogP contribution in [0, 0.1) is 17.8 Å². The van der Waals surface area contributed by atoms with Crippen LogP contribution in [0.25, 0.3) is 10.8 Å². The monoisotopic (exact) mass is 422 g/mol. The smallest absolute Gasteiger partial charge is 0.126 e. The summed E-state index contributed by atoms with van der Waals surface area (Å²) in [5.74, 6) is 1.89. The van der Waals surface area contributed by atoms with Gasteiger partial charge in [-0.3, -0.25) is 0 Å². The highest BCUT2D eigenvalue weighted by Gasteiger charge is 2.43. The molecule has 168 valence electrons. The Labute approximate surface area is 188 Å². The van der Waals surface area contributed by atoms with Crippen molar-refractivity contribution in [2.75, 3.05) is 6.61 Å². The van der Waals surface area contributed by atoms with Crippen LogP contribution in [0.5, 0.6) is 0 Å². The molecule has 2 aromatic rings. The maximum Gasteiger partial charge on any atom is 0.126 e. The molecule has 0 spiro atoms. The van der Waals surface area contributed by atoms with Gasteiger partial charge in [0.1, 0.15) is 6.17 Å². The van der Waals surface area contributed by atoms with Crippen molar-refractivity contribution in [3.8, 4) is 0 Å². The first kappa shape index (κ1) is 22.5. The van der Waals surface area contributed by atoms with Gasteiger partial charge in [0.2, 0.25) is 0 Å². The number of hydrogen-bond acceptors (Lipinski definition) is 1. The SMILES string of the molecule is C/C=C/C1CCC(C2(OCC)CCC(CC(F)c3cccc4ccccc34)CC2)CC1. The molecule has 0 amide bonds. The van der Waals surface area contributed by atoms with E-state index in [9.17, 15) is 0 Å². The number of allylic oxidation sites excluding steroid dienone is 2. The Morgan fingerprint density at radius 2 is 1.71 bits per heavy atom. The summed E-state index contributed by atoms with van der Waals surface area (Å²) in [6, 6.07) is 14.2. The van der Waals surface area contributed by atoms with Crippen LogP contribution >= 0.6 is 0 Å². The van der Waals surface area contributed by atoms with Gasteiger partial charge in [-0.05, 0) is 106 Å². The van der Waals surface area contributed by atoms with Crippen molar-refractivity contribution in [2.24, 2.45) is 17.8 Å². The predicted molar refractivity (Wildman–Crippen MR) is 129 cm³/mol. The second-order valence-corrected chi connectivity index (χ2v) is 9.85. The number of rotatable bonds is 7. The van der Waals surface area contributed by atoms with Crippen LogP contribution in [0.2, 0.25) is 0 Å². The highest BCUT2D eigenvalue weighted by molar-refractivity contribution is 5.85. The third-order valence-electron chi connectivity index (χ3n) is 8.06. The van der Waals surface area contributed by atoms with Crippen molar-refractivity contribution in [2.45, 2.75) is 83.4 Å². The Bertz CT molecular complexity index is 851. The second-order valence-electron chi connectivity index (χ2n) is 9.85. The van der Waals surface area contributed by atoms with E-state index in [1.54, 1.807) is 0 Å². The molecule has 0 aliphatic heterocycles. The van der Waals surface area contributed by atoms with Crippen molar-refractivity contribution < 1.29 is 9.13 Å². The number of benzene rings is 2. The van der Waals surface area contributed by atoms with Gasteiger partial charge < -0.3 is 4.74 Å². The van der Waals surface area contributed by atoms with Gasteiger partial charge >= 0.3 is 0 Å². The Morgan fingerprint density at radius 1 is 1.00 bits per heavy atom. The molecule has 0 radical (unpaired) electrons. The van der Waals surface area contributed by atoms with E-state index in [1.165, 1.54) is 25.7 Å². The molecule has 2 aliphatic carbocycles. The maximum atomic E-state index is 15.4. The molecule has 2 heteroatoms. The van der Waals surface area contributed by atoms with Crippen LogP contribution in [-0.4, -0.2) is 12.2 Å². The number of hydrogen-bond donors (Lipinski definition) is 0. The third-order valence-corrected chi connectivity index (χ3v) is 8.06. The Kier molecular flexibility index (Phi) is 7.48. The van der Waals surface area contributed by atoms with Crippen LogP contribution in [-0.2, 0) is 4.74 Å². The first-order chi connectivity index (χ1) is 15.1. The van der Waals surface area contributed by atoms with Gasteiger partial charge in [-0.2, -0.15) is 0 Å². The van der Waals surface area contributed by atoms with Gasteiger partial charge in [-0.25, -0.2) is 4.39 Å². The van der Waals surface area contributed by atoms with Gasteiger partial charge in [-0.15, -0.1) is 0 Å². The number of halogens is 1. The molecule has 31 heavy (non-hydrogen) atoms. The maximum absolute atomic E-state index is 15.4. The largest absolute Gasteiger partial charge is 0.375 e. The lowest BCUT2D eigenvalue weighted by Gasteiger charge is -2.47. The van der Waals surface area contributed by atoms with Crippen LogP contribution in [0.1, 0.15) is 83.4 Å². The topological polar surface area (TPSA) is 9.23 Å². The molecule has 2 fully saturated rings. The summed E-state index contributed by atoms with van der Waals surface area (Å²) in [6.07, 6.45) is 13.9. The van der Waals surface area contributed by atoms with Crippen LogP contribution in [0.15, 0.2) is 54.6 Å². The second kappa shape index (κ2) is 10.3. The summed E-state index contributed by atoms with van der Waals surface area (Å²) in [5.41, 5.74) is 0.902. The molecule has 2 aliphatic rings. The molecule has 2 saturated carbocycles. The van der Waals surface area contributed by atoms with E-state index in [-0.39, 0.29) is 5.60 Å². The third kappa shape index (κ3) is 5.06. The molecular formula is C29H39FO. The zero-order valence-corrected chi connectivity index (χ0v) is 19.4. The van der Waals surface area contributed by atoms with Gasteiger partial charge in [0.15, 0.2) is 0 Å². The van der Waals surface area contributed by atoms with E-state index >= 15 is 4.39 Å². The van der Waals surface area contributed by atoms with Gasteiger partial charge in [-0.1, -0.05) is 54.6 Å². The van der Waals surface area contributed by atoms with Crippen molar-refractivity contribution in [3.63, 3.8) is 0 Å². The highest BCUT2D eigenvalue weighted by atomic mass is 19.1. The molecule has 0 saturated heterocycles. The molecular weight excluding hydrogens is 383 g/mol. The minimum atomic E-state index is -0.882. The number of fused-ring (bicyclic) bond motifs is 1. The predicted octanol–water partition coefficient (Wildman–Crippen LogP) is 8.59. The van der Waals surface area contributed by atoms with E-state index in [2.05, 4.69) is 44.2 Å². The van der Waals surface area contributed by atoms with Crippen LogP contribution in [0.4, 0.5) is 4.39 Å². The molecule has 1 unspecified atom stereocenters. The fraction of sp³-hybridized carbons (Fsp3) is 0.586. The summed E-state index contributed by atoms with van der Waals surface area (Å²) < 4.78 is 21.9. The van der Waals surface area contributed by atoms with E-state index in [1.807, 2.05) is 24.3 Å². The zero-order valence-electron chi connectivity index (χ0n) is 19.4. The summed E-state index contributed by atoms with van der Waals surface area (Å²) in [4.78, 5) is 0. The molecule has 0 N–H and O–H groups in total. The summed E-state index contributed by atoms with van der Waals surface area (Å²) in [6.45, 7) is 5.06. The van der Waals surface area contributed by atoms with Crippen molar-refractivity contribution in [1.82, 2.24) is 0 Å². The normalized spacial score (nSPS) is 30.6. The Hall–Kier alpha value is -1.67.